The Morgan fingerprint density at radius 1 is 1.50 bits per heavy atom. The number of carbonyl (C=O) groups is 1. The first-order valence-corrected chi connectivity index (χ1v) is 5.91. The summed E-state index contributed by atoms with van der Waals surface area (Å²) in [7, 11) is 0. The molecule has 0 aliphatic carbocycles. The Bertz CT molecular complexity index is 350. The summed E-state index contributed by atoms with van der Waals surface area (Å²) in [4.78, 5) is 11.8. The largest absolute Gasteiger partial charge is 0.467 e. The highest BCUT2D eigenvalue weighted by Gasteiger charge is 2.26. The van der Waals surface area contributed by atoms with Gasteiger partial charge in [0.15, 0.2) is 0 Å². The lowest BCUT2D eigenvalue weighted by Gasteiger charge is -2.26. The first-order valence-electron chi connectivity index (χ1n) is 5.91. The zero-order valence-corrected chi connectivity index (χ0v) is 10.9. The van der Waals surface area contributed by atoms with E-state index in [1.54, 1.807) is 12.3 Å². The van der Waals surface area contributed by atoms with E-state index in [1.807, 2.05) is 6.07 Å². The van der Waals surface area contributed by atoms with Crippen molar-refractivity contribution in [2.45, 2.75) is 25.4 Å². The molecule has 5 nitrogen and oxygen atoms in total. The third-order valence-electron chi connectivity index (χ3n) is 3.09. The maximum atomic E-state index is 11.8. The minimum Gasteiger partial charge on any atom is -0.467 e. The Hall–Kier alpha value is -1.04. The molecule has 0 spiro atoms. The fraction of sp³-hybridized carbons (Fsp3) is 0.583. The summed E-state index contributed by atoms with van der Waals surface area (Å²) >= 11 is 0. The highest BCUT2D eigenvalue weighted by Crippen LogP contribution is 2.17. The van der Waals surface area contributed by atoms with Gasteiger partial charge in [-0.2, -0.15) is 0 Å². The number of halogens is 1. The molecule has 0 bridgehead atoms. The zero-order valence-electron chi connectivity index (χ0n) is 10.1. The van der Waals surface area contributed by atoms with Gasteiger partial charge >= 0.3 is 0 Å². The minimum atomic E-state index is -0.450. The number of furan rings is 1. The van der Waals surface area contributed by atoms with Crippen molar-refractivity contribution in [3.8, 4) is 0 Å². The van der Waals surface area contributed by atoms with Crippen molar-refractivity contribution in [1.29, 1.82) is 0 Å². The Labute approximate surface area is 112 Å². The summed E-state index contributed by atoms with van der Waals surface area (Å²) in [6, 6.07) is 3.16. The van der Waals surface area contributed by atoms with Crippen molar-refractivity contribution in [3.05, 3.63) is 24.2 Å². The number of nitrogens with two attached hydrogens (primary N) is 1. The summed E-state index contributed by atoms with van der Waals surface area (Å²) in [6.45, 7) is 1.79. The predicted molar refractivity (Wildman–Crippen MR) is 69.3 cm³/mol. The van der Waals surface area contributed by atoms with Gasteiger partial charge in [-0.25, -0.2) is 0 Å². The molecule has 0 saturated carbocycles. The van der Waals surface area contributed by atoms with Gasteiger partial charge in [-0.1, -0.05) is 0 Å². The van der Waals surface area contributed by atoms with Gasteiger partial charge in [-0.05, 0) is 30.9 Å². The molecule has 6 heteroatoms. The number of rotatable bonds is 4. The molecule has 1 aliphatic rings. The second-order valence-corrected chi connectivity index (χ2v) is 4.27. The lowest BCUT2D eigenvalue weighted by Crippen LogP contribution is -2.46. The van der Waals surface area contributed by atoms with Crippen molar-refractivity contribution in [2.75, 3.05) is 13.2 Å². The Morgan fingerprint density at radius 2 is 2.22 bits per heavy atom. The number of carbonyl (C=O) groups excluding carboxylic acids is 1. The van der Waals surface area contributed by atoms with Crippen LogP contribution in [0.15, 0.2) is 22.8 Å². The Morgan fingerprint density at radius 3 is 2.83 bits per heavy atom. The summed E-state index contributed by atoms with van der Waals surface area (Å²) in [5.41, 5.74) is 5.93. The molecule has 1 aromatic rings. The lowest BCUT2D eigenvalue weighted by atomic mass is 9.92. The average molecular weight is 275 g/mol. The van der Waals surface area contributed by atoms with E-state index in [1.165, 1.54) is 0 Å². The molecule has 0 aromatic carbocycles. The Kier molecular flexibility index (Phi) is 6.18. The smallest absolute Gasteiger partial charge is 0.237 e. The molecular formula is C12H19ClN2O3. The van der Waals surface area contributed by atoms with Crippen molar-refractivity contribution >= 4 is 18.3 Å². The van der Waals surface area contributed by atoms with Crippen LogP contribution in [0.25, 0.3) is 0 Å². The van der Waals surface area contributed by atoms with E-state index in [2.05, 4.69) is 5.32 Å². The molecular weight excluding hydrogens is 256 g/mol. The predicted octanol–water partition coefficient (Wildman–Crippen LogP) is 1.07. The first-order chi connectivity index (χ1) is 8.27. The summed E-state index contributed by atoms with van der Waals surface area (Å²) in [5.74, 6) is 0.839. The third kappa shape index (κ3) is 4.01. The molecule has 2 heterocycles. The fourth-order valence-electron chi connectivity index (χ4n) is 1.99. The SMILES string of the molecule is Cl.NC(C(=O)NCc1ccco1)C1CCOCC1. The maximum Gasteiger partial charge on any atom is 0.237 e. The van der Waals surface area contributed by atoms with Gasteiger partial charge in [-0.3, -0.25) is 4.79 Å². The van der Waals surface area contributed by atoms with Crippen LogP contribution in [0, 0.1) is 5.92 Å². The zero-order chi connectivity index (χ0) is 12.1. The molecule has 18 heavy (non-hydrogen) atoms. The Balaban J connectivity index is 0.00000162. The number of amides is 1. The van der Waals surface area contributed by atoms with Gasteiger partial charge in [-0.15, -0.1) is 12.4 Å². The van der Waals surface area contributed by atoms with Crippen molar-refractivity contribution < 1.29 is 13.9 Å². The highest BCUT2D eigenvalue weighted by atomic mass is 35.5. The normalized spacial score (nSPS) is 17.8. The van der Waals surface area contributed by atoms with Crippen LogP contribution in [-0.4, -0.2) is 25.2 Å². The first kappa shape index (κ1) is 15.0. The van der Waals surface area contributed by atoms with Crippen LogP contribution < -0.4 is 11.1 Å². The summed E-state index contributed by atoms with van der Waals surface area (Å²) < 4.78 is 10.4. The van der Waals surface area contributed by atoms with Crippen molar-refractivity contribution in [1.82, 2.24) is 5.32 Å². The van der Waals surface area contributed by atoms with Crippen LogP contribution in [0.5, 0.6) is 0 Å². The van der Waals surface area contributed by atoms with E-state index in [9.17, 15) is 4.79 Å². The molecule has 1 atom stereocenters. The molecule has 0 radical (unpaired) electrons. The molecule has 1 fully saturated rings. The van der Waals surface area contributed by atoms with Crippen molar-refractivity contribution in [2.24, 2.45) is 11.7 Å². The molecule has 1 saturated heterocycles. The highest BCUT2D eigenvalue weighted by molar-refractivity contribution is 5.85. The van der Waals surface area contributed by atoms with E-state index in [0.717, 1.165) is 18.6 Å². The number of hydrogen-bond acceptors (Lipinski definition) is 4. The van der Waals surface area contributed by atoms with E-state index in [0.29, 0.717) is 19.8 Å². The van der Waals surface area contributed by atoms with Gasteiger partial charge in [0.1, 0.15) is 5.76 Å². The molecule has 2 rings (SSSR count). The quantitative estimate of drug-likeness (QED) is 0.861. The molecule has 1 aromatic heterocycles. The second kappa shape index (κ2) is 7.41. The molecule has 102 valence electrons. The van der Waals surface area contributed by atoms with Crippen LogP contribution in [0.4, 0.5) is 0 Å². The van der Waals surface area contributed by atoms with E-state index in [4.69, 9.17) is 14.9 Å². The number of ether oxygens (including phenoxy) is 1. The number of nitrogens with one attached hydrogen (secondary N) is 1. The van der Waals surface area contributed by atoms with Gasteiger partial charge in [0.25, 0.3) is 0 Å². The van der Waals surface area contributed by atoms with E-state index in [-0.39, 0.29) is 24.2 Å². The molecule has 3 N–H and O–H groups in total. The van der Waals surface area contributed by atoms with Crippen molar-refractivity contribution in [3.63, 3.8) is 0 Å². The molecule has 1 amide bonds. The second-order valence-electron chi connectivity index (χ2n) is 4.27. The monoisotopic (exact) mass is 274 g/mol. The third-order valence-corrected chi connectivity index (χ3v) is 3.09. The van der Waals surface area contributed by atoms with Crippen LogP contribution in [0.2, 0.25) is 0 Å². The maximum absolute atomic E-state index is 11.8. The summed E-state index contributed by atoms with van der Waals surface area (Å²) in [6.07, 6.45) is 3.30. The molecule has 1 aliphatic heterocycles. The topological polar surface area (TPSA) is 77.5 Å². The van der Waals surface area contributed by atoms with E-state index >= 15 is 0 Å². The lowest BCUT2D eigenvalue weighted by molar-refractivity contribution is -0.124. The molecule has 1 unspecified atom stereocenters. The average Bonchev–Trinajstić information content (AvgIpc) is 2.89. The minimum absolute atomic E-state index is 0. The van der Waals surface area contributed by atoms with Gasteiger partial charge < -0.3 is 20.2 Å². The number of hydrogen-bond donors (Lipinski definition) is 2. The van der Waals surface area contributed by atoms with Crippen LogP contribution in [0.3, 0.4) is 0 Å². The summed E-state index contributed by atoms with van der Waals surface area (Å²) in [5, 5.41) is 2.78. The van der Waals surface area contributed by atoms with Gasteiger partial charge in [0.05, 0.1) is 18.8 Å². The van der Waals surface area contributed by atoms with Crippen LogP contribution >= 0.6 is 12.4 Å². The van der Waals surface area contributed by atoms with E-state index < -0.39 is 6.04 Å². The standard InChI is InChI=1S/C12H18N2O3.ClH/c13-11(9-3-6-16-7-4-9)12(15)14-8-10-2-1-5-17-10;/h1-2,5,9,11H,3-4,6-8,13H2,(H,14,15);1H. The van der Waals surface area contributed by atoms with Crippen LogP contribution in [0.1, 0.15) is 18.6 Å². The fourth-order valence-corrected chi connectivity index (χ4v) is 1.99. The van der Waals surface area contributed by atoms with Gasteiger partial charge in [0, 0.05) is 13.2 Å². The van der Waals surface area contributed by atoms with Gasteiger partial charge in [0.2, 0.25) is 5.91 Å². The van der Waals surface area contributed by atoms with Crippen LogP contribution in [-0.2, 0) is 16.1 Å².